The van der Waals surface area contributed by atoms with Gasteiger partial charge in [-0.1, -0.05) is 60.7 Å². The molecule has 0 bridgehead atoms. The lowest BCUT2D eigenvalue weighted by atomic mass is 9.12. The van der Waals surface area contributed by atoms with E-state index < -0.39 is 144 Å². The Kier molecular flexibility index (Phi) is 13.6. The maximum atomic E-state index is 15.4. The first-order valence-corrected chi connectivity index (χ1v) is 19.7. The molecule has 1 atom stereocenters. The van der Waals surface area contributed by atoms with E-state index in [0.29, 0.717) is 5.75 Å². The summed E-state index contributed by atoms with van der Waals surface area (Å²) >= 11 is 0. The number of halogens is 20. The second-order valence-corrected chi connectivity index (χ2v) is 15.9. The third-order valence-electron chi connectivity index (χ3n) is 10.3. The van der Waals surface area contributed by atoms with Crippen LogP contribution in [0.2, 0.25) is 0 Å². The van der Waals surface area contributed by atoms with E-state index in [4.69, 9.17) is 0 Å². The molecule has 0 amide bonds. The highest BCUT2D eigenvalue weighted by molar-refractivity contribution is 7.97. The van der Waals surface area contributed by atoms with Gasteiger partial charge in [-0.05, 0) is 11.1 Å². The van der Waals surface area contributed by atoms with E-state index >= 15 is 35.1 Å². The molecule has 5 aromatic carbocycles. The normalized spacial score (nSPS) is 12.1. The van der Waals surface area contributed by atoms with Crippen molar-refractivity contribution in [1.29, 1.82) is 0 Å². The van der Waals surface area contributed by atoms with Crippen molar-refractivity contribution in [2.24, 2.45) is 0 Å². The molecule has 2 aliphatic carbocycles. The highest BCUT2D eigenvalue weighted by atomic mass is 32.2. The Morgan fingerprint density at radius 1 is 0.364 bits per heavy atom. The summed E-state index contributed by atoms with van der Waals surface area (Å²) in [6.07, 6.45) is -5.07. The van der Waals surface area contributed by atoms with Crippen molar-refractivity contribution in [3.8, 4) is 11.1 Å². The lowest BCUT2D eigenvalue weighted by molar-refractivity contribution is 0.102. The molecule has 0 aromatic heterocycles. The van der Waals surface area contributed by atoms with Gasteiger partial charge in [-0.3, -0.25) is 4.79 Å². The van der Waals surface area contributed by atoms with E-state index in [1.54, 1.807) is 0 Å². The van der Waals surface area contributed by atoms with Crippen LogP contribution in [0.25, 0.3) is 11.1 Å². The quantitative estimate of drug-likeness (QED) is 0.0371. The highest BCUT2D eigenvalue weighted by Crippen LogP contribution is 2.32. The van der Waals surface area contributed by atoms with Crippen molar-refractivity contribution in [2.45, 2.75) is 4.90 Å². The van der Waals surface area contributed by atoms with Gasteiger partial charge >= 0.3 is 0 Å². The van der Waals surface area contributed by atoms with Gasteiger partial charge in [0, 0.05) is 28.6 Å². The molecule has 0 spiro atoms. The number of Topliss-reactive ketones (excluding diaryl/α,β-unsaturated/α-hetero) is 1. The average Bonchev–Trinajstić information content (AvgIpc) is 3.59. The molecule has 0 radical (unpaired) electrons. The van der Waals surface area contributed by atoms with Crippen molar-refractivity contribution in [1.82, 2.24) is 0 Å². The van der Waals surface area contributed by atoms with Gasteiger partial charge in [0.15, 0.2) is 80.5 Å². The number of hydrogen-bond donors (Lipinski definition) is 0. The third-order valence-corrected chi connectivity index (χ3v) is 12.0. The van der Waals surface area contributed by atoms with E-state index in [0.717, 1.165) is 5.56 Å². The van der Waals surface area contributed by atoms with Gasteiger partial charge in [0.1, 0.15) is 58.9 Å². The molecule has 1 nitrogen and oxygen atoms in total. The Morgan fingerprint density at radius 2 is 0.591 bits per heavy atom. The predicted molar refractivity (Wildman–Crippen MR) is 199 cm³/mol. The second kappa shape index (κ2) is 18.4. The standard InChI is InChI=1S/C24BF20.C19H17OS/c26-5-1(6(27)14(35)21(42)13(5)34)25(2-7(28)15(36)22(43)16(37)8(2)29,3-9(30)17(38)23(44)18(39)10(3)31)4-11(32)19(40)24(45)20(41)12(4)33;1-21(14-19(20)15-8-4-2-5-9-15)18-12-16-10-6-3-7-11-17(16)13-18/h;2-13H,14H2,1H3/q-1;+1. The monoisotopic (exact) mass is 972 g/mol. The van der Waals surface area contributed by atoms with E-state index in [1.807, 2.05) is 36.4 Å². The molecule has 66 heavy (non-hydrogen) atoms. The summed E-state index contributed by atoms with van der Waals surface area (Å²) in [6.45, 7) is 0. The van der Waals surface area contributed by atoms with Crippen LogP contribution in [0.5, 0.6) is 0 Å². The predicted octanol–water partition coefficient (Wildman–Crippen LogP) is 10.1. The van der Waals surface area contributed by atoms with Crippen molar-refractivity contribution in [2.75, 3.05) is 12.0 Å². The molecular weight excluding hydrogens is 955 g/mol. The fourth-order valence-electron chi connectivity index (χ4n) is 7.25. The summed E-state index contributed by atoms with van der Waals surface area (Å²) in [6, 6.07) is 24.3. The fourth-order valence-corrected chi connectivity index (χ4v) is 8.63. The first-order valence-electron chi connectivity index (χ1n) is 17.9. The molecule has 0 saturated carbocycles. The van der Waals surface area contributed by atoms with Gasteiger partial charge in [0.05, 0.1) is 0 Å². The van der Waals surface area contributed by atoms with Crippen LogP contribution in [0.4, 0.5) is 87.8 Å². The van der Waals surface area contributed by atoms with Gasteiger partial charge < -0.3 is 0 Å². The zero-order valence-corrected chi connectivity index (χ0v) is 32.9. The molecule has 0 N–H and O–H groups in total. The minimum absolute atomic E-state index is 0.0621. The molecular formula is C43H17BF20OS. The second-order valence-electron chi connectivity index (χ2n) is 13.9. The maximum absolute atomic E-state index is 15.4. The van der Waals surface area contributed by atoms with Crippen molar-refractivity contribution >= 4 is 44.7 Å². The van der Waals surface area contributed by atoms with Gasteiger partial charge in [-0.15, -0.1) is 21.9 Å². The van der Waals surface area contributed by atoms with Gasteiger partial charge in [0.2, 0.25) is 5.78 Å². The Labute approximate surface area is 359 Å². The Bertz CT molecular complexity index is 2640. The summed E-state index contributed by atoms with van der Waals surface area (Å²) < 4.78 is 294. The summed E-state index contributed by atoms with van der Waals surface area (Å²) in [5.41, 5.74) is -11.0. The number of carbonyl (C=O) groups excluding carboxylic acids is 1. The van der Waals surface area contributed by atoms with Crippen LogP contribution in [0.1, 0.15) is 10.4 Å². The van der Waals surface area contributed by atoms with Gasteiger partial charge in [-0.25, -0.2) is 87.8 Å². The van der Waals surface area contributed by atoms with Crippen LogP contribution < -0.4 is 21.9 Å². The molecule has 5 aromatic rings. The number of carbonyl (C=O) groups is 1. The van der Waals surface area contributed by atoms with Crippen LogP contribution in [0.3, 0.4) is 0 Å². The Hall–Kier alpha value is -6.52. The third kappa shape index (κ3) is 7.79. The van der Waals surface area contributed by atoms with Gasteiger partial charge in [0.25, 0.3) is 0 Å². The first-order chi connectivity index (χ1) is 30.9. The fraction of sp³-hybridized carbons (Fsp3) is 0.0465. The first kappa shape index (κ1) is 48.9. The maximum Gasteiger partial charge on any atom is 0.212 e. The topological polar surface area (TPSA) is 17.1 Å². The zero-order chi connectivity index (χ0) is 49.0. The molecule has 0 fully saturated rings. The summed E-state index contributed by atoms with van der Waals surface area (Å²) in [4.78, 5) is 13.6. The van der Waals surface area contributed by atoms with Crippen molar-refractivity contribution in [3.05, 3.63) is 195 Å². The number of fused-ring (bicyclic) bond motifs is 1. The van der Waals surface area contributed by atoms with Crippen molar-refractivity contribution < 1.29 is 92.6 Å². The molecule has 0 saturated heterocycles. The smallest absolute Gasteiger partial charge is 0.212 e. The summed E-state index contributed by atoms with van der Waals surface area (Å²) in [5, 5.41) is 0. The average molecular weight is 972 g/mol. The molecule has 344 valence electrons. The lowest BCUT2D eigenvalue weighted by Gasteiger charge is -2.44. The Morgan fingerprint density at radius 3 is 0.848 bits per heavy atom. The molecule has 7 rings (SSSR count). The molecule has 0 heterocycles. The number of benzene rings is 5. The van der Waals surface area contributed by atoms with Crippen LogP contribution in [-0.2, 0) is 10.9 Å². The molecule has 0 aliphatic heterocycles. The largest absolute Gasteiger partial charge is 0.289 e. The lowest BCUT2D eigenvalue weighted by Crippen LogP contribution is -2.81. The van der Waals surface area contributed by atoms with Crippen molar-refractivity contribution in [3.63, 3.8) is 0 Å². The minimum Gasteiger partial charge on any atom is -0.289 e. The molecule has 1 unspecified atom stereocenters. The number of hydrogen-bond acceptors (Lipinski definition) is 1. The van der Waals surface area contributed by atoms with Crippen LogP contribution in [0.15, 0.2) is 77.7 Å². The SMILES string of the molecule is C[S+](CC(=O)c1ccccc1)c1cc2cccccc-2c1.Fc1c(F)c(F)c([B-](c2c(F)c(F)c(F)c(F)c2F)(c2c(F)c(F)c(F)c(F)c2F)c2c(F)c(F)c(F)c(F)c2F)c(F)c1F. The number of ketones is 1. The molecule has 2 aliphatic rings. The van der Waals surface area contributed by atoms with E-state index in [1.165, 1.54) is 16.0 Å². The summed E-state index contributed by atoms with van der Waals surface area (Å²) in [5.74, 6) is -70.6. The van der Waals surface area contributed by atoms with E-state index in [9.17, 15) is 57.5 Å². The summed E-state index contributed by atoms with van der Waals surface area (Å²) in [7, 11) is -0.0621. The van der Waals surface area contributed by atoms with Crippen LogP contribution in [-0.4, -0.2) is 23.9 Å². The van der Waals surface area contributed by atoms with Crippen LogP contribution >= 0.6 is 0 Å². The van der Waals surface area contributed by atoms with Gasteiger partial charge in [-0.2, -0.15) is 0 Å². The van der Waals surface area contributed by atoms with Crippen LogP contribution in [0, 0.1) is 116 Å². The van der Waals surface area contributed by atoms with E-state index in [-0.39, 0.29) is 16.7 Å². The molecule has 23 heteroatoms. The number of rotatable bonds is 8. The zero-order valence-electron chi connectivity index (χ0n) is 32.1. The minimum atomic E-state index is -7.22. The van der Waals surface area contributed by atoms with E-state index in [2.05, 4.69) is 42.7 Å². The highest BCUT2D eigenvalue weighted by Gasteiger charge is 2.52. The Balaban J connectivity index is 0.000000284.